The van der Waals surface area contributed by atoms with E-state index < -0.39 is 0 Å². The van der Waals surface area contributed by atoms with Gasteiger partial charge in [-0.1, -0.05) is 0 Å². The van der Waals surface area contributed by atoms with E-state index in [9.17, 15) is 0 Å². The zero-order valence-electron chi connectivity index (χ0n) is 4.76. The molecule has 0 atom stereocenters. The summed E-state index contributed by atoms with van der Waals surface area (Å²) in [6.07, 6.45) is 1.83. The third kappa shape index (κ3) is 2.50. The summed E-state index contributed by atoms with van der Waals surface area (Å²) in [6.45, 7) is 1.97. The highest BCUT2D eigenvalue weighted by atomic mass is 35.5. The second-order valence-corrected chi connectivity index (χ2v) is 1.98. The fourth-order valence-electron chi connectivity index (χ4n) is 0.807. The minimum Gasteiger partial charge on any atom is -0.393 e. The van der Waals surface area contributed by atoms with Crippen LogP contribution in [0.25, 0.3) is 0 Å². The van der Waals surface area contributed by atoms with Gasteiger partial charge in [0.25, 0.3) is 0 Å². The van der Waals surface area contributed by atoms with Gasteiger partial charge >= 0.3 is 0 Å². The maximum atomic E-state index is 8.87. The molecule has 0 radical (unpaired) electrons. The topological polar surface area (TPSA) is 32.3 Å². The van der Waals surface area contributed by atoms with Gasteiger partial charge in [-0.25, -0.2) is 0 Å². The number of piperidine rings is 1. The van der Waals surface area contributed by atoms with Gasteiger partial charge < -0.3 is 10.4 Å². The van der Waals surface area contributed by atoms with Crippen LogP contribution in [-0.2, 0) is 0 Å². The van der Waals surface area contributed by atoms with E-state index in [-0.39, 0.29) is 18.5 Å². The molecular weight excluding hydrogens is 126 g/mol. The molecule has 8 heavy (non-hydrogen) atoms. The third-order valence-corrected chi connectivity index (χ3v) is 1.31. The smallest absolute Gasteiger partial charge is 0.0564 e. The van der Waals surface area contributed by atoms with Gasteiger partial charge in [-0.2, -0.15) is 0 Å². The Bertz CT molecular complexity index is 54.4. The van der Waals surface area contributed by atoms with Crippen molar-refractivity contribution in [2.45, 2.75) is 18.9 Å². The maximum absolute atomic E-state index is 8.87. The summed E-state index contributed by atoms with van der Waals surface area (Å²) >= 11 is 0. The van der Waals surface area contributed by atoms with E-state index in [2.05, 4.69) is 5.32 Å². The SMILES string of the molecule is Cl.OC1CCNCC1. The Balaban J connectivity index is 0.000000490. The summed E-state index contributed by atoms with van der Waals surface area (Å²) in [5, 5.41) is 12.0. The second kappa shape index (κ2) is 4.13. The van der Waals surface area contributed by atoms with Crippen molar-refractivity contribution in [2.75, 3.05) is 13.1 Å². The van der Waals surface area contributed by atoms with Crippen molar-refractivity contribution in [3.05, 3.63) is 0 Å². The van der Waals surface area contributed by atoms with Crippen LogP contribution >= 0.6 is 12.4 Å². The molecule has 0 aromatic carbocycles. The lowest BCUT2D eigenvalue weighted by Crippen LogP contribution is -2.30. The van der Waals surface area contributed by atoms with Crippen molar-refractivity contribution in [3.63, 3.8) is 0 Å². The van der Waals surface area contributed by atoms with Gasteiger partial charge in [-0.3, -0.25) is 0 Å². The van der Waals surface area contributed by atoms with Gasteiger partial charge in [-0.15, -0.1) is 12.4 Å². The average Bonchev–Trinajstić information content (AvgIpc) is 1.69. The Labute approximate surface area is 55.7 Å². The van der Waals surface area contributed by atoms with Crippen molar-refractivity contribution < 1.29 is 5.11 Å². The molecule has 1 saturated heterocycles. The molecule has 1 fully saturated rings. The molecule has 0 aliphatic carbocycles. The monoisotopic (exact) mass is 137 g/mol. The Morgan fingerprint density at radius 3 is 2.00 bits per heavy atom. The zero-order valence-corrected chi connectivity index (χ0v) is 5.58. The van der Waals surface area contributed by atoms with Gasteiger partial charge in [0, 0.05) is 0 Å². The molecule has 2 N–H and O–H groups in total. The lowest BCUT2D eigenvalue weighted by atomic mass is 10.1. The van der Waals surface area contributed by atoms with Crippen molar-refractivity contribution in [2.24, 2.45) is 0 Å². The quantitative estimate of drug-likeness (QED) is 0.498. The highest BCUT2D eigenvalue weighted by Gasteiger charge is 2.06. The predicted octanol–water partition coefficient (Wildman–Crippen LogP) is 0.152. The summed E-state index contributed by atoms with van der Waals surface area (Å²) in [5.41, 5.74) is 0. The van der Waals surface area contributed by atoms with Crippen LogP contribution in [0.15, 0.2) is 0 Å². The molecule has 1 aliphatic rings. The first-order valence-electron chi connectivity index (χ1n) is 2.78. The van der Waals surface area contributed by atoms with Gasteiger partial charge in [-0.05, 0) is 25.9 Å². The van der Waals surface area contributed by atoms with Crippen LogP contribution in [-0.4, -0.2) is 24.3 Å². The molecule has 50 valence electrons. The number of hydrogen-bond donors (Lipinski definition) is 2. The number of nitrogens with one attached hydrogen (secondary N) is 1. The van der Waals surface area contributed by atoms with Crippen molar-refractivity contribution in [1.82, 2.24) is 5.32 Å². The molecule has 0 amide bonds. The first-order chi connectivity index (χ1) is 3.39. The summed E-state index contributed by atoms with van der Waals surface area (Å²) in [7, 11) is 0. The van der Waals surface area contributed by atoms with E-state index in [0.29, 0.717) is 0 Å². The Kier molecular flexibility index (Phi) is 4.23. The molecule has 0 unspecified atom stereocenters. The molecule has 0 aromatic heterocycles. The number of hydrogen-bond acceptors (Lipinski definition) is 2. The van der Waals surface area contributed by atoms with Crippen LogP contribution in [0.1, 0.15) is 12.8 Å². The molecular formula is C5H12ClNO. The number of halogens is 1. The van der Waals surface area contributed by atoms with Crippen molar-refractivity contribution in [3.8, 4) is 0 Å². The number of aliphatic hydroxyl groups is 1. The Morgan fingerprint density at radius 1 is 1.25 bits per heavy atom. The van der Waals surface area contributed by atoms with Crippen LogP contribution < -0.4 is 5.32 Å². The summed E-state index contributed by atoms with van der Waals surface area (Å²) < 4.78 is 0. The molecule has 2 nitrogen and oxygen atoms in total. The fourth-order valence-corrected chi connectivity index (χ4v) is 0.807. The summed E-state index contributed by atoms with van der Waals surface area (Å²) in [4.78, 5) is 0. The number of aliphatic hydroxyl groups excluding tert-OH is 1. The van der Waals surface area contributed by atoms with Crippen molar-refractivity contribution >= 4 is 12.4 Å². The molecule has 1 aliphatic heterocycles. The lowest BCUT2D eigenvalue weighted by molar-refractivity contribution is 0.137. The molecule has 0 bridgehead atoms. The molecule has 0 saturated carbocycles. The maximum Gasteiger partial charge on any atom is 0.0564 e. The predicted molar refractivity (Wildman–Crippen MR) is 35.4 cm³/mol. The summed E-state index contributed by atoms with van der Waals surface area (Å²) in [5.74, 6) is 0. The standard InChI is InChI=1S/C5H11NO.ClH/c7-5-1-3-6-4-2-5;/h5-7H,1-4H2;1H. The largest absolute Gasteiger partial charge is 0.393 e. The molecule has 0 spiro atoms. The minimum atomic E-state index is -0.0266. The van der Waals surface area contributed by atoms with Crippen LogP contribution in [0.4, 0.5) is 0 Å². The molecule has 0 aromatic rings. The van der Waals surface area contributed by atoms with Crippen LogP contribution in [0.5, 0.6) is 0 Å². The normalized spacial score (nSPS) is 22.1. The lowest BCUT2D eigenvalue weighted by Gasteiger charge is -2.16. The van der Waals surface area contributed by atoms with Gasteiger partial charge in [0.05, 0.1) is 6.10 Å². The second-order valence-electron chi connectivity index (χ2n) is 1.98. The van der Waals surface area contributed by atoms with Crippen LogP contribution in [0.3, 0.4) is 0 Å². The number of rotatable bonds is 0. The van der Waals surface area contributed by atoms with Crippen molar-refractivity contribution in [1.29, 1.82) is 0 Å². The first kappa shape index (κ1) is 8.21. The van der Waals surface area contributed by atoms with E-state index in [4.69, 9.17) is 5.11 Å². The van der Waals surface area contributed by atoms with E-state index in [1.54, 1.807) is 0 Å². The molecule has 1 heterocycles. The van der Waals surface area contributed by atoms with Gasteiger partial charge in [0.15, 0.2) is 0 Å². The Morgan fingerprint density at radius 2 is 1.75 bits per heavy atom. The first-order valence-corrected chi connectivity index (χ1v) is 2.78. The van der Waals surface area contributed by atoms with E-state index in [1.165, 1.54) is 0 Å². The van der Waals surface area contributed by atoms with Crippen LogP contribution in [0.2, 0.25) is 0 Å². The highest BCUT2D eigenvalue weighted by Crippen LogP contribution is 1.99. The zero-order chi connectivity index (χ0) is 5.11. The van der Waals surface area contributed by atoms with E-state index >= 15 is 0 Å². The fraction of sp³-hybridized carbons (Fsp3) is 1.00. The van der Waals surface area contributed by atoms with Crippen LogP contribution in [0, 0.1) is 0 Å². The highest BCUT2D eigenvalue weighted by molar-refractivity contribution is 5.85. The molecule has 1 rings (SSSR count). The van der Waals surface area contributed by atoms with Gasteiger partial charge in [0.2, 0.25) is 0 Å². The van der Waals surface area contributed by atoms with Gasteiger partial charge in [0.1, 0.15) is 0 Å². The average molecular weight is 138 g/mol. The van der Waals surface area contributed by atoms with E-state index in [1.807, 2.05) is 0 Å². The Hall–Kier alpha value is 0.210. The molecule has 3 heteroatoms. The minimum absolute atomic E-state index is 0. The third-order valence-electron chi connectivity index (χ3n) is 1.31. The summed E-state index contributed by atoms with van der Waals surface area (Å²) in [6, 6.07) is 0. The van der Waals surface area contributed by atoms with E-state index in [0.717, 1.165) is 25.9 Å².